The number of aliphatic hydroxyl groups is 1. The number of hydrogen-bond donors (Lipinski definition) is 2. The molecular formula is C15H21ClN2O2. The average Bonchev–Trinajstić information content (AvgIpc) is 3.20. The summed E-state index contributed by atoms with van der Waals surface area (Å²) in [7, 11) is 0. The highest BCUT2D eigenvalue weighted by Gasteiger charge is 2.28. The van der Waals surface area contributed by atoms with Gasteiger partial charge in [0.25, 0.3) is 5.91 Å². The molecule has 5 heteroatoms. The number of carbonyl (C=O) groups is 1. The van der Waals surface area contributed by atoms with Crippen molar-refractivity contribution in [3.05, 3.63) is 23.0 Å². The molecule has 1 heterocycles. The highest BCUT2D eigenvalue weighted by Crippen LogP contribution is 2.37. The van der Waals surface area contributed by atoms with E-state index in [-0.39, 0.29) is 17.9 Å². The van der Waals surface area contributed by atoms with E-state index in [4.69, 9.17) is 11.6 Å². The van der Waals surface area contributed by atoms with Crippen molar-refractivity contribution in [2.24, 2.45) is 5.92 Å². The van der Waals surface area contributed by atoms with E-state index in [1.54, 1.807) is 6.07 Å². The molecule has 0 aliphatic heterocycles. The van der Waals surface area contributed by atoms with E-state index in [1.807, 2.05) is 10.8 Å². The number of amides is 1. The lowest BCUT2D eigenvalue weighted by molar-refractivity contribution is 0.0660. The fraction of sp³-hybridized carbons (Fsp3) is 0.667. The molecule has 20 heavy (non-hydrogen) atoms. The van der Waals surface area contributed by atoms with Crippen LogP contribution in [0.25, 0.3) is 0 Å². The summed E-state index contributed by atoms with van der Waals surface area (Å²) in [6.07, 6.45) is 7.87. The Morgan fingerprint density at radius 1 is 1.35 bits per heavy atom. The molecule has 0 aromatic carbocycles. The molecule has 110 valence electrons. The molecule has 2 atom stereocenters. The van der Waals surface area contributed by atoms with E-state index in [2.05, 4.69) is 5.32 Å². The van der Waals surface area contributed by atoms with E-state index in [0.717, 1.165) is 38.5 Å². The number of aromatic nitrogens is 1. The summed E-state index contributed by atoms with van der Waals surface area (Å²) in [5.74, 6) is 0.106. The zero-order chi connectivity index (χ0) is 14.1. The maximum absolute atomic E-state index is 12.3. The molecule has 0 spiro atoms. The van der Waals surface area contributed by atoms with E-state index in [0.29, 0.717) is 23.3 Å². The minimum absolute atomic E-state index is 0.0819. The molecule has 0 bridgehead atoms. The van der Waals surface area contributed by atoms with Crippen LogP contribution in [0, 0.1) is 5.92 Å². The zero-order valence-electron chi connectivity index (χ0n) is 11.5. The van der Waals surface area contributed by atoms with Crippen molar-refractivity contribution in [2.75, 3.05) is 6.54 Å². The van der Waals surface area contributed by atoms with Gasteiger partial charge in [0.1, 0.15) is 5.69 Å². The maximum Gasteiger partial charge on any atom is 0.267 e. The Bertz CT molecular complexity index is 496. The smallest absolute Gasteiger partial charge is 0.267 e. The fourth-order valence-electron chi connectivity index (χ4n) is 3.02. The van der Waals surface area contributed by atoms with Crippen molar-refractivity contribution in [3.63, 3.8) is 0 Å². The van der Waals surface area contributed by atoms with Crippen LogP contribution in [0.15, 0.2) is 12.3 Å². The van der Waals surface area contributed by atoms with Gasteiger partial charge in [-0.1, -0.05) is 24.4 Å². The van der Waals surface area contributed by atoms with Gasteiger partial charge in [-0.15, -0.1) is 0 Å². The Hall–Kier alpha value is -1.00. The monoisotopic (exact) mass is 296 g/mol. The van der Waals surface area contributed by atoms with Gasteiger partial charge >= 0.3 is 0 Å². The molecule has 2 unspecified atom stereocenters. The summed E-state index contributed by atoms with van der Waals surface area (Å²) in [5, 5.41) is 13.5. The van der Waals surface area contributed by atoms with Crippen LogP contribution in [0.2, 0.25) is 5.02 Å². The molecular weight excluding hydrogens is 276 g/mol. The number of hydrogen-bond acceptors (Lipinski definition) is 2. The van der Waals surface area contributed by atoms with Gasteiger partial charge in [-0.25, -0.2) is 0 Å². The molecule has 2 N–H and O–H groups in total. The van der Waals surface area contributed by atoms with Gasteiger partial charge < -0.3 is 15.0 Å². The highest BCUT2D eigenvalue weighted by molar-refractivity contribution is 6.31. The van der Waals surface area contributed by atoms with E-state index < -0.39 is 0 Å². The van der Waals surface area contributed by atoms with Crippen LogP contribution in [0.3, 0.4) is 0 Å². The van der Waals surface area contributed by atoms with Crippen LogP contribution in [0.1, 0.15) is 55.1 Å². The van der Waals surface area contributed by atoms with Crippen molar-refractivity contribution in [3.8, 4) is 0 Å². The minimum atomic E-state index is -0.275. The van der Waals surface area contributed by atoms with Crippen molar-refractivity contribution in [1.82, 2.24) is 9.88 Å². The number of carbonyl (C=O) groups excluding carboxylic acids is 1. The van der Waals surface area contributed by atoms with Gasteiger partial charge in [-0.2, -0.15) is 0 Å². The van der Waals surface area contributed by atoms with Gasteiger partial charge in [-0.3, -0.25) is 4.79 Å². The lowest BCUT2D eigenvalue weighted by Crippen LogP contribution is -2.37. The van der Waals surface area contributed by atoms with Crippen LogP contribution in [-0.2, 0) is 0 Å². The number of aliphatic hydroxyl groups excluding tert-OH is 1. The van der Waals surface area contributed by atoms with Gasteiger partial charge in [0.15, 0.2) is 0 Å². The maximum atomic E-state index is 12.3. The van der Waals surface area contributed by atoms with Crippen LogP contribution in [0.4, 0.5) is 0 Å². The molecule has 0 saturated heterocycles. The third-order valence-corrected chi connectivity index (χ3v) is 4.59. The number of nitrogens with one attached hydrogen (secondary N) is 1. The molecule has 2 saturated carbocycles. The van der Waals surface area contributed by atoms with E-state index in [9.17, 15) is 9.90 Å². The summed E-state index contributed by atoms with van der Waals surface area (Å²) < 4.78 is 1.98. The third kappa shape index (κ3) is 3.01. The van der Waals surface area contributed by atoms with Crippen molar-refractivity contribution in [1.29, 1.82) is 0 Å². The lowest BCUT2D eigenvalue weighted by atomic mass is 9.86. The van der Waals surface area contributed by atoms with Crippen LogP contribution in [0.5, 0.6) is 0 Å². The first-order valence-electron chi connectivity index (χ1n) is 7.49. The summed E-state index contributed by atoms with van der Waals surface area (Å²) >= 11 is 6.01. The normalized spacial score (nSPS) is 26.5. The molecule has 4 nitrogen and oxygen atoms in total. The number of halogens is 1. The highest BCUT2D eigenvalue weighted by atomic mass is 35.5. The first kappa shape index (κ1) is 14.0. The Kier molecular flexibility index (Phi) is 4.03. The molecule has 0 radical (unpaired) electrons. The molecule has 2 aliphatic rings. The van der Waals surface area contributed by atoms with Crippen LogP contribution >= 0.6 is 11.6 Å². The molecule has 1 amide bonds. The van der Waals surface area contributed by atoms with Crippen molar-refractivity contribution < 1.29 is 9.90 Å². The SMILES string of the molecule is O=C(NCC1CCCCC1O)c1cc(Cl)cn1C1CC1. The number of nitrogens with zero attached hydrogens (tertiary/aromatic N) is 1. The second-order valence-corrected chi connectivity index (χ2v) is 6.44. The topological polar surface area (TPSA) is 54.3 Å². The number of rotatable bonds is 4. The second kappa shape index (κ2) is 5.78. The van der Waals surface area contributed by atoms with Gasteiger partial charge in [0.05, 0.1) is 11.1 Å². The van der Waals surface area contributed by atoms with E-state index >= 15 is 0 Å². The largest absolute Gasteiger partial charge is 0.393 e. The first-order chi connectivity index (χ1) is 9.65. The van der Waals surface area contributed by atoms with Gasteiger partial charge in [0.2, 0.25) is 0 Å². The Labute approximate surface area is 124 Å². The molecule has 2 aliphatic carbocycles. The lowest BCUT2D eigenvalue weighted by Gasteiger charge is -2.27. The van der Waals surface area contributed by atoms with Crippen molar-refractivity contribution >= 4 is 17.5 Å². The molecule has 1 aromatic rings. The Balaban J connectivity index is 1.61. The van der Waals surface area contributed by atoms with Crippen molar-refractivity contribution in [2.45, 2.75) is 50.7 Å². The summed E-state index contributed by atoms with van der Waals surface area (Å²) in [6.45, 7) is 0.549. The third-order valence-electron chi connectivity index (χ3n) is 4.38. The molecule has 3 rings (SSSR count). The van der Waals surface area contributed by atoms with Crippen LogP contribution in [-0.4, -0.2) is 28.2 Å². The second-order valence-electron chi connectivity index (χ2n) is 6.00. The summed E-state index contributed by atoms with van der Waals surface area (Å²) in [4.78, 5) is 12.3. The van der Waals surface area contributed by atoms with Gasteiger partial charge in [0, 0.05) is 24.7 Å². The first-order valence-corrected chi connectivity index (χ1v) is 7.86. The minimum Gasteiger partial charge on any atom is -0.393 e. The Morgan fingerprint density at radius 3 is 2.80 bits per heavy atom. The summed E-state index contributed by atoms with van der Waals surface area (Å²) in [6, 6.07) is 2.16. The zero-order valence-corrected chi connectivity index (χ0v) is 12.3. The molecule has 1 aromatic heterocycles. The van der Waals surface area contributed by atoms with E-state index in [1.165, 1.54) is 0 Å². The molecule has 2 fully saturated rings. The predicted molar refractivity (Wildman–Crippen MR) is 78.0 cm³/mol. The average molecular weight is 297 g/mol. The van der Waals surface area contributed by atoms with Crippen LogP contribution < -0.4 is 5.32 Å². The van der Waals surface area contributed by atoms with Gasteiger partial charge in [-0.05, 0) is 31.7 Å². The Morgan fingerprint density at radius 2 is 2.10 bits per heavy atom. The quantitative estimate of drug-likeness (QED) is 0.897. The fourth-order valence-corrected chi connectivity index (χ4v) is 3.23. The standard InChI is InChI=1S/C15H21ClN2O2/c16-11-7-13(18(9-11)12-5-6-12)15(20)17-8-10-3-1-2-4-14(10)19/h7,9-10,12,14,19H,1-6,8H2,(H,17,20). The summed E-state index contributed by atoms with van der Waals surface area (Å²) in [5.41, 5.74) is 0.641. The predicted octanol–water partition coefficient (Wildman–Crippen LogP) is 2.76.